The largest absolute Gasteiger partial charge is 0.495 e. The molecule has 0 fully saturated rings. The molecule has 1 aliphatic rings. The van der Waals surface area contributed by atoms with Gasteiger partial charge in [0.05, 0.1) is 12.8 Å². The molecule has 2 N–H and O–H groups in total. The summed E-state index contributed by atoms with van der Waals surface area (Å²) in [5.41, 5.74) is 1.57. The lowest BCUT2D eigenvalue weighted by atomic mass is 10.2. The van der Waals surface area contributed by atoms with Gasteiger partial charge in [-0.25, -0.2) is 0 Å². The fourth-order valence-corrected chi connectivity index (χ4v) is 2.33. The Balaban J connectivity index is 1.64. The van der Waals surface area contributed by atoms with Crippen molar-refractivity contribution in [2.24, 2.45) is 0 Å². The Hall–Kier alpha value is -3.48. The maximum atomic E-state index is 12.4. The van der Waals surface area contributed by atoms with Crippen LogP contribution in [0.1, 0.15) is 10.4 Å². The van der Waals surface area contributed by atoms with Crippen LogP contribution in [-0.2, 0) is 14.3 Å². The molecule has 0 saturated heterocycles. The lowest BCUT2D eigenvalue weighted by Gasteiger charge is -2.15. The molecule has 7 nitrogen and oxygen atoms in total. The summed E-state index contributed by atoms with van der Waals surface area (Å²) in [6.07, 6.45) is 1.29. The number of carbonyl (C=O) groups excluding carboxylic acids is 2. The van der Waals surface area contributed by atoms with Gasteiger partial charge in [-0.05, 0) is 36.4 Å². The number of hydrogen-bond donors (Lipinski definition) is 2. The summed E-state index contributed by atoms with van der Waals surface area (Å²) in [4.78, 5) is 24.4. The van der Waals surface area contributed by atoms with E-state index in [0.717, 1.165) is 0 Å². The van der Waals surface area contributed by atoms with Gasteiger partial charge in [0.25, 0.3) is 11.8 Å². The molecular formula is C19H18N2O5. The SMILES string of the molecule is COc1ccccc1NC(=O)c1ccc(NC(=O)C2=COCCO2)cc1. The van der Waals surface area contributed by atoms with Crippen molar-refractivity contribution in [2.75, 3.05) is 31.0 Å². The Bertz CT molecular complexity index is 830. The molecule has 26 heavy (non-hydrogen) atoms. The van der Waals surface area contributed by atoms with Gasteiger partial charge in [0.1, 0.15) is 25.2 Å². The minimum atomic E-state index is -0.407. The average Bonchev–Trinajstić information content (AvgIpc) is 2.69. The molecule has 3 rings (SSSR count). The van der Waals surface area contributed by atoms with Gasteiger partial charge < -0.3 is 24.8 Å². The average molecular weight is 354 g/mol. The molecule has 0 spiro atoms. The first-order valence-electron chi connectivity index (χ1n) is 7.98. The van der Waals surface area contributed by atoms with Gasteiger partial charge in [-0.1, -0.05) is 12.1 Å². The lowest BCUT2D eigenvalue weighted by Crippen LogP contribution is -2.21. The molecule has 0 aliphatic carbocycles. The Labute approximate surface area is 150 Å². The summed E-state index contributed by atoms with van der Waals surface area (Å²) in [6, 6.07) is 13.7. The third kappa shape index (κ3) is 4.13. The molecule has 0 aromatic heterocycles. The molecular weight excluding hydrogens is 336 g/mol. The zero-order valence-electron chi connectivity index (χ0n) is 14.2. The number of benzene rings is 2. The highest BCUT2D eigenvalue weighted by Gasteiger charge is 2.15. The lowest BCUT2D eigenvalue weighted by molar-refractivity contribution is -0.117. The van der Waals surface area contributed by atoms with Crippen molar-refractivity contribution in [1.82, 2.24) is 0 Å². The Morgan fingerprint density at radius 2 is 1.73 bits per heavy atom. The highest BCUT2D eigenvalue weighted by atomic mass is 16.6. The van der Waals surface area contributed by atoms with Crippen LogP contribution in [0.25, 0.3) is 0 Å². The third-order valence-corrected chi connectivity index (χ3v) is 3.63. The van der Waals surface area contributed by atoms with Crippen LogP contribution in [0.15, 0.2) is 60.6 Å². The number of hydrogen-bond acceptors (Lipinski definition) is 5. The van der Waals surface area contributed by atoms with Crippen molar-refractivity contribution in [3.05, 3.63) is 66.1 Å². The third-order valence-electron chi connectivity index (χ3n) is 3.63. The normalized spacial score (nSPS) is 12.9. The van der Waals surface area contributed by atoms with Gasteiger partial charge in [0.2, 0.25) is 5.76 Å². The Morgan fingerprint density at radius 1 is 0.962 bits per heavy atom. The zero-order valence-corrected chi connectivity index (χ0v) is 14.2. The number of nitrogens with one attached hydrogen (secondary N) is 2. The molecule has 2 aromatic rings. The monoisotopic (exact) mass is 354 g/mol. The first-order valence-corrected chi connectivity index (χ1v) is 7.98. The number of para-hydroxylation sites is 2. The molecule has 7 heteroatoms. The van der Waals surface area contributed by atoms with Crippen LogP contribution in [0.2, 0.25) is 0 Å². The van der Waals surface area contributed by atoms with Crippen LogP contribution in [0.3, 0.4) is 0 Å². The van der Waals surface area contributed by atoms with Crippen molar-refractivity contribution in [2.45, 2.75) is 0 Å². The van der Waals surface area contributed by atoms with E-state index in [9.17, 15) is 9.59 Å². The first-order chi connectivity index (χ1) is 12.7. The smallest absolute Gasteiger partial charge is 0.294 e. The van der Waals surface area contributed by atoms with Crippen LogP contribution in [0.4, 0.5) is 11.4 Å². The molecule has 0 atom stereocenters. The van der Waals surface area contributed by atoms with Gasteiger partial charge >= 0.3 is 0 Å². The van der Waals surface area contributed by atoms with Gasteiger partial charge in [0.15, 0.2) is 0 Å². The molecule has 0 unspecified atom stereocenters. The number of methoxy groups -OCH3 is 1. The van der Waals surface area contributed by atoms with E-state index >= 15 is 0 Å². The van der Waals surface area contributed by atoms with E-state index in [-0.39, 0.29) is 11.7 Å². The summed E-state index contributed by atoms with van der Waals surface area (Å²) in [5, 5.41) is 5.47. The maximum Gasteiger partial charge on any atom is 0.294 e. The second kappa shape index (κ2) is 8.06. The summed E-state index contributed by atoms with van der Waals surface area (Å²) < 4.78 is 15.5. The summed E-state index contributed by atoms with van der Waals surface area (Å²) in [6.45, 7) is 0.758. The van der Waals surface area contributed by atoms with Gasteiger partial charge in [0, 0.05) is 11.3 Å². The molecule has 134 valence electrons. The minimum Gasteiger partial charge on any atom is -0.495 e. The predicted octanol–water partition coefficient (Wildman–Crippen LogP) is 2.77. The fourth-order valence-electron chi connectivity index (χ4n) is 2.33. The van der Waals surface area contributed by atoms with Crippen molar-refractivity contribution in [3.8, 4) is 5.75 Å². The van der Waals surface area contributed by atoms with Crippen molar-refractivity contribution in [3.63, 3.8) is 0 Å². The maximum absolute atomic E-state index is 12.4. The Morgan fingerprint density at radius 3 is 2.42 bits per heavy atom. The van der Waals surface area contributed by atoms with Crippen molar-refractivity contribution >= 4 is 23.2 Å². The van der Waals surface area contributed by atoms with Crippen LogP contribution in [-0.4, -0.2) is 32.1 Å². The topological polar surface area (TPSA) is 85.9 Å². The van der Waals surface area contributed by atoms with E-state index in [1.165, 1.54) is 6.26 Å². The fraction of sp³-hybridized carbons (Fsp3) is 0.158. The number of anilines is 2. The standard InChI is InChI=1S/C19H18N2O5/c1-24-16-5-3-2-4-15(16)21-18(22)13-6-8-14(9-7-13)20-19(23)17-12-25-10-11-26-17/h2-9,12H,10-11H2,1H3,(H,20,23)(H,21,22). The van der Waals surface area contributed by atoms with E-state index in [4.69, 9.17) is 14.2 Å². The van der Waals surface area contributed by atoms with E-state index < -0.39 is 5.91 Å². The first kappa shape index (κ1) is 17.3. The molecule has 0 bridgehead atoms. The van der Waals surface area contributed by atoms with Gasteiger partial charge in [-0.15, -0.1) is 0 Å². The summed E-state index contributed by atoms with van der Waals surface area (Å²) in [5.74, 6) is 0.0111. The number of rotatable bonds is 5. The summed E-state index contributed by atoms with van der Waals surface area (Å²) in [7, 11) is 1.54. The van der Waals surface area contributed by atoms with Crippen LogP contribution in [0, 0.1) is 0 Å². The minimum absolute atomic E-state index is 0.120. The van der Waals surface area contributed by atoms with E-state index in [2.05, 4.69) is 10.6 Å². The van der Waals surface area contributed by atoms with Crippen LogP contribution < -0.4 is 15.4 Å². The second-order valence-electron chi connectivity index (χ2n) is 5.39. The van der Waals surface area contributed by atoms with Gasteiger partial charge in [-0.3, -0.25) is 9.59 Å². The van der Waals surface area contributed by atoms with E-state index in [1.54, 1.807) is 43.5 Å². The quantitative estimate of drug-likeness (QED) is 0.862. The molecule has 1 heterocycles. The second-order valence-corrected chi connectivity index (χ2v) is 5.39. The highest BCUT2D eigenvalue weighted by molar-refractivity contribution is 6.06. The van der Waals surface area contributed by atoms with Crippen LogP contribution >= 0.6 is 0 Å². The van der Waals surface area contributed by atoms with Crippen molar-refractivity contribution < 1.29 is 23.8 Å². The predicted molar refractivity (Wildman–Crippen MR) is 96.0 cm³/mol. The van der Waals surface area contributed by atoms with Crippen LogP contribution in [0.5, 0.6) is 5.75 Å². The number of ether oxygens (including phenoxy) is 3. The number of amides is 2. The highest BCUT2D eigenvalue weighted by Crippen LogP contribution is 2.24. The van der Waals surface area contributed by atoms with Crippen molar-refractivity contribution in [1.29, 1.82) is 0 Å². The van der Waals surface area contributed by atoms with E-state index in [0.29, 0.717) is 35.9 Å². The van der Waals surface area contributed by atoms with Gasteiger partial charge in [-0.2, -0.15) is 0 Å². The molecule has 0 radical (unpaired) electrons. The zero-order chi connectivity index (χ0) is 18.4. The molecule has 2 amide bonds. The number of carbonyl (C=O) groups is 2. The summed E-state index contributed by atoms with van der Waals surface area (Å²) >= 11 is 0. The molecule has 2 aromatic carbocycles. The Kier molecular flexibility index (Phi) is 5.38. The molecule has 1 aliphatic heterocycles. The molecule has 0 saturated carbocycles. The van der Waals surface area contributed by atoms with E-state index in [1.807, 2.05) is 12.1 Å².